The quantitative estimate of drug-likeness (QED) is 0.311. The molecule has 0 aliphatic rings. The Kier molecular flexibility index (Phi) is 5.51. The first kappa shape index (κ1) is 22.0. The number of halogens is 2. The Morgan fingerprint density at radius 1 is 0.941 bits per heavy atom. The Bertz CT molecular complexity index is 1640. The maximum Gasteiger partial charge on any atom is 0.261 e. The number of H-pyrrole nitrogens is 1. The van der Waals surface area contributed by atoms with E-state index in [0.29, 0.717) is 16.8 Å². The highest BCUT2D eigenvalue weighted by Crippen LogP contribution is 2.34. The molecule has 1 aromatic carbocycles. The first-order chi connectivity index (χ1) is 16.3. The molecule has 0 atom stereocenters. The standard InChI is InChI=1S/C24H17ClFN5O2S/c1-14-7-22(26)27-12-19(14)20-13-30-24-18(20)8-15(11-29-24)16-9-21(23(25)28-10-16)31-34(32,33)17-5-3-2-4-6-17/h2-13,31H,1H3,(H,29,30). The third kappa shape index (κ3) is 4.11. The Morgan fingerprint density at radius 3 is 2.44 bits per heavy atom. The summed E-state index contributed by atoms with van der Waals surface area (Å²) in [6.07, 6.45) is 6.48. The van der Waals surface area contributed by atoms with Crippen molar-refractivity contribution in [2.24, 2.45) is 0 Å². The minimum atomic E-state index is -3.84. The largest absolute Gasteiger partial charge is 0.346 e. The molecule has 5 aromatic rings. The molecule has 0 fully saturated rings. The molecular formula is C24H17ClFN5O2S. The van der Waals surface area contributed by atoms with E-state index in [1.165, 1.54) is 24.4 Å². The molecule has 34 heavy (non-hydrogen) atoms. The van der Waals surface area contributed by atoms with Gasteiger partial charge in [-0.25, -0.2) is 23.4 Å². The molecule has 0 saturated carbocycles. The van der Waals surface area contributed by atoms with Crippen LogP contribution < -0.4 is 4.72 Å². The number of sulfonamides is 1. The van der Waals surface area contributed by atoms with Gasteiger partial charge >= 0.3 is 0 Å². The number of aromatic nitrogens is 4. The van der Waals surface area contributed by atoms with Crippen molar-refractivity contribution in [1.82, 2.24) is 19.9 Å². The van der Waals surface area contributed by atoms with E-state index in [-0.39, 0.29) is 15.7 Å². The summed E-state index contributed by atoms with van der Waals surface area (Å²) in [5, 5.41) is 0.822. The fourth-order valence-electron chi connectivity index (χ4n) is 3.67. The minimum Gasteiger partial charge on any atom is -0.346 e. The summed E-state index contributed by atoms with van der Waals surface area (Å²) in [6, 6.07) is 12.9. The van der Waals surface area contributed by atoms with Gasteiger partial charge in [0.2, 0.25) is 5.95 Å². The minimum absolute atomic E-state index is 0.0210. The second-order valence-electron chi connectivity index (χ2n) is 7.63. The van der Waals surface area contributed by atoms with Crippen LogP contribution in [0.2, 0.25) is 5.15 Å². The van der Waals surface area contributed by atoms with Gasteiger partial charge in [0.05, 0.1) is 10.6 Å². The normalized spacial score (nSPS) is 11.6. The van der Waals surface area contributed by atoms with E-state index in [2.05, 4.69) is 24.7 Å². The van der Waals surface area contributed by atoms with E-state index >= 15 is 0 Å². The third-order valence-corrected chi connectivity index (χ3v) is 7.05. The van der Waals surface area contributed by atoms with Crippen LogP contribution in [0.3, 0.4) is 0 Å². The van der Waals surface area contributed by atoms with Crippen molar-refractivity contribution in [3.05, 3.63) is 90.0 Å². The summed E-state index contributed by atoms with van der Waals surface area (Å²) in [6.45, 7) is 1.81. The van der Waals surface area contributed by atoms with Gasteiger partial charge in [-0.2, -0.15) is 4.39 Å². The van der Waals surface area contributed by atoms with Crippen LogP contribution in [0, 0.1) is 12.9 Å². The Labute approximate surface area is 199 Å². The number of hydrogen-bond donors (Lipinski definition) is 2. The van der Waals surface area contributed by atoms with Gasteiger partial charge in [-0.15, -0.1) is 0 Å². The van der Waals surface area contributed by atoms with Gasteiger partial charge in [-0.05, 0) is 42.8 Å². The van der Waals surface area contributed by atoms with Crippen LogP contribution in [0.1, 0.15) is 5.56 Å². The van der Waals surface area contributed by atoms with Crippen molar-refractivity contribution in [1.29, 1.82) is 0 Å². The number of nitrogens with zero attached hydrogens (tertiary/aromatic N) is 3. The van der Waals surface area contributed by atoms with Crippen molar-refractivity contribution >= 4 is 38.3 Å². The topological polar surface area (TPSA) is 101 Å². The first-order valence-electron chi connectivity index (χ1n) is 10.2. The van der Waals surface area contributed by atoms with E-state index in [4.69, 9.17) is 11.6 Å². The number of hydrogen-bond acceptors (Lipinski definition) is 5. The summed E-state index contributed by atoms with van der Waals surface area (Å²) >= 11 is 6.19. The Balaban J connectivity index is 1.55. The van der Waals surface area contributed by atoms with Crippen LogP contribution in [0.4, 0.5) is 10.1 Å². The van der Waals surface area contributed by atoms with Crippen molar-refractivity contribution < 1.29 is 12.8 Å². The average molecular weight is 494 g/mol. The van der Waals surface area contributed by atoms with Crippen LogP contribution in [0.25, 0.3) is 33.3 Å². The maximum atomic E-state index is 13.5. The predicted molar refractivity (Wildman–Crippen MR) is 130 cm³/mol. The molecule has 0 bridgehead atoms. The monoisotopic (exact) mass is 493 g/mol. The number of aryl methyl sites for hydroxylation is 1. The second-order valence-corrected chi connectivity index (χ2v) is 9.67. The zero-order valence-corrected chi connectivity index (χ0v) is 19.3. The third-order valence-electron chi connectivity index (χ3n) is 5.37. The maximum absolute atomic E-state index is 13.5. The summed E-state index contributed by atoms with van der Waals surface area (Å²) in [7, 11) is -3.84. The number of pyridine rings is 3. The van der Waals surface area contributed by atoms with E-state index in [1.807, 2.05) is 13.0 Å². The fraction of sp³-hybridized carbons (Fsp3) is 0.0417. The number of rotatable bonds is 5. The summed E-state index contributed by atoms with van der Waals surface area (Å²) in [5.41, 5.74) is 4.45. The second kappa shape index (κ2) is 8.51. The van der Waals surface area contributed by atoms with Gasteiger partial charge in [-0.3, -0.25) is 4.72 Å². The molecule has 0 radical (unpaired) electrons. The molecule has 0 aliphatic carbocycles. The molecule has 0 saturated heterocycles. The van der Waals surface area contributed by atoms with Gasteiger partial charge in [0.15, 0.2) is 5.15 Å². The first-order valence-corrected chi connectivity index (χ1v) is 12.0. The van der Waals surface area contributed by atoms with Crippen molar-refractivity contribution in [2.45, 2.75) is 11.8 Å². The lowest BCUT2D eigenvalue weighted by atomic mass is 10.0. The highest BCUT2D eigenvalue weighted by molar-refractivity contribution is 7.92. The lowest BCUT2D eigenvalue weighted by molar-refractivity contribution is 0.583. The summed E-state index contributed by atoms with van der Waals surface area (Å²) < 4.78 is 41.5. The molecule has 7 nitrogen and oxygen atoms in total. The molecule has 4 aromatic heterocycles. The summed E-state index contributed by atoms with van der Waals surface area (Å²) in [4.78, 5) is 15.6. The Morgan fingerprint density at radius 2 is 1.68 bits per heavy atom. The molecule has 0 amide bonds. The van der Waals surface area contributed by atoms with E-state index < -0.39 is 16.0 Å². The van der Waals surface area contributed by atoms with Gasteiger partial charge in [0.25, 0.3) is 10.0 Å². The van der Waals surface area contributed by atoms with Crippen LogP contribution in [-0.2, 0) is 10.0 Å². The van der Waals surface area contributed by atoms with Crippen LogP contribution in [-0.4, -0.2) is 28.4 Å². The highest BCUT2D eigenvalue weighted by atomic mass is 35.5. The molecule has 2 N–H and O–H groups in total. The highest BCUT2D eigenvalue weighted by Gasteiger charge is 2.17. The molecule has 0 spiro atoms. The number of benzene rings is 1. The van der Waals surface area contributed by atoms with E-state index in [9.17, 15) is 12.8 Å². The van der Waals surface area contributed by atoms with Gasteiger partial charge < -0.3 is 4.98 Å². The van der Waals surface area contributed by atoms with Crippen LogP contribution >= 0.6 is 11.6 Å². The van der Waals surface area contributed by atoms with Crippen molar-refractivity contribution in [3.8, 4) is 22.3 Å². The zero-order chi connectivity index (χ0) is 23.9. The van der Waals surface area contributed by atoms with Gasteiger partial charge in [0.1, 0.15) is 5.65 Å². The van der Waals surface area contributed by atoms with Crippen molar-refractivity contribution in [3.63, 3.8) is 0 Å². The molecule has 0 unspecified atom stereocenters. The molecule has 0 aliphatic heterocycles. The van der Waals surface area contributed by atoms with Gasteiger partial charge in [-0.1, -0.05) is 29.8 Å². The zero-order valence-electron chi connectivity index (χ0n) is 17.8. The number of fused-ring (bicyclic) bond motifs is 1. The molecule has 5 rings (SSSR count). The number of aromatic amines is 1. The van der Waals surface area contributed by atoms with Crippen molar-refractivity contribution in [2.75, 3.05) is 4.72 Å². The lowest BCUT2D eigenvalue weighted by Crippen LogP contribution is -2.13. The molecular weight excluding hydrogens is 477 g/mol. The van der Waals surface area contributed by atoms with E-state index in [1.54, 1.807) is 42.9 Å². The molecule has 4 heterocycles. The number of anilines is 1. The average Bonchev–Trinajstić information content (AvgIpc) is 3.24. The van der Waals surface area contributed by atoms with Crippen LogP contribution in [0.5, 0.6) is 0 Å². The van der Waals surface area contributed by atoms with Gasteiger partial charge in [0, 0.05) is 52.4 Å². The predicted octanol–water partition coefficient (Wildman–Crippen LogP) is 5.59. The SMILES string of the molecule is Cc1cc(F)ncc1-c1c[nH]c2ncc(-c3cnc(Cl)c(NS(=O)(=O)c4ccccc4)c3)cc12. The van der Waals surface area contributed by atoms with E-state index in [0.717, 1.165) is 22.1 Å². The van der Waals surface area contributed by atoms with Crippen LogP contribution in [0.15, 0.2) is 78.2 Å². The fourth-order valence-corrected chi connectivity index (χ4v) is 4.95. The molecule has 170 valence electrons. The Hall–Kier alpha value is -3.82. The molecule has 10 heteroatoms. The smallest absolute Gasteiger partial charge is 0.261 e. The number of nitrogens with one attached hydrogen (secondary N) is 2. The lowest BCUT2D eigenvalue weighted by Gasteiger charge is -2.11. The summed E-state index contributed by atoms with van der Waals surface area (Å²) in [5.74, 6) is -0.544.